The third-order valence-corrected chi connectivity index (χ3v) is 4.74. The van der Waals surface area contributed by atoms with Gasteiger partial charge in [0.1, 0.15) is 11.4 Å². The second kappa shape index (κ2) is 8.61. The molecule has 1 aliphatic heterocycles. The molecule has 0 saturated carbocycles. The normalized spacial score (nSPS) is 13.7. The monoisotopic (exact) mass is 399 g/mol. The van der Waals surface area contributed by atoms with Gasteiger partial charge in [0.25, 0.3) is 11.8 Å². The number of benzene rings is 2. The summed E-state index contributed by atoms with van der Waals surface area (Å²) < 4.78 is 5.67. The van der Waals surface area contributed by atoms with Gasteiger partial charge < -0.3 is 10.1 Å². The minimum atomic E-state index is -0.381. The van der Waals surface area contributed by atoms with Crippen LogP contribution in [0.1, 0.15) is 18.1 Å². The summed E-state index contributed by atoms with van der Waals surface area (Å²) in [4.78, 5) is 31.9. The molecule has 1 aromatic heterocycles. The number of carbonyl (C=O) groups is 2. The Hall–Kier alpha value is -3.93. The van der Waals surface area contributed by atoms with Crippen molar-refractivity contribution in [2.75, 3.05) is 11.9 Å². The number of pyridine rings is 1. The Morgan fingerprint density at radius 1 is 0.933 bits per heavy atom. The summed E-state index contributed by atoms with van der Waals surface area (Å²) in [6.45, 7) is 2.54. The van der Waals surface area contributed by atoms with Crippen molar-refractivity contribution < 1.29 is 14.3 Å². The number of imide groups is 1. The maximum atomic E-state index is 13.3. The van der Waals surface area contributed by atoms with Crippen molar-refractivity contribution >= 4 is 23.1 Å². The Morgan fingerprint density at radius 3 is 2.43 bits per heavy atom. The van der Waals surface area contributed by atoms with Crippen molar-refractivity contribution in [3.63, 3.8) is 0 Å². The first kappa shape index (κ1) is 19.4. The molecule has 6 nitrogen and oxygen atoms in total. The molecular weight excluding hydrogens is 378 g/mol. The third kappa shape index (κ3) is 3.80. The van der Waals surface area contributed by atoms with E-state index in [0.717, 1.165) is 5.56 Å². The van der Waals surface area contributed by atoms with Crippen molar-refractivity contribution in [2.45, 2.75) is 13.5 Å². The van der Waals surface area contributed by atoms with E-state index < -0.39 is 0 Å². The lowest BCUT2D eigenvalue weighted by molar-refractivity contribution is -0.137. The van der Waals surface area contributed by atoms with Crippen molar-refractivity contribution in [3.8, 4) is 5.75 Å². The molecule has 0 radical (unpaired) electrons. The summed E-state index contributed by atoms with van der Waals surface area (Å²) in [7, 11) is 0. The Bertz CT molecular complexity index is 1090. The number of amides is 2. The van der Waals surface area contributed by atoms with E-state index in [1.165, 1.54) is 4.90 Å². The highest BCUT2D eigenvalue weighted by atomic mass is 16.5. The molecule has 0 bridgehead atoms. The molecule has 0 saturated heterocycles. The van der Waals surface area contributed by atoms with E-state index >= 15 is 0 Å². The standard InChI is InChI=1S/C24H21N3O3/c1-2-30-20-13-7-6-12-19(20)26-22-21(18-10-4-3-5-11-18)23(28)27(24(22)29)16-17-9-8-14-25-15-17/h3-15,26H,2,16H2,1H3. The van der Waals surface area contributed by atoms with Gasteiger partial charge in [-0.25, -0.2) is 0 Å². The molecule has 3 aromatic rings. The van der Waals surface area contributed by atoms with E-state index in [2.05, 4.69) is 10.3 Å². The molecule has 30 heavy (non-hydrogen) atoms. The zero-order valence-electron chi connectivity index (χ0n) is 16.5. The molecule has 2 heterocycles. The van der Waals surface area contributed by atoms with E-state index in [4.69, 9.17) is 4.74 Å². The Kier molecular flexibility index (Phi) is 5.57. The number of hydrogen-bond acceptors (Lipinski definition) is 5. The fourth-order valence-corrected chi connectivity index (χ4v) is 3.37. The van der Waals surface area contributed by atoms with Crippen LogP contribution in [0.3, 0.4) is 0 Å². The van der Waals surface area contributed by atoms with E-state index in [0.29, 0.717) is 29.2 Å². The summed E-state index contributed by atoms with van der Waals surface area (Å²) in [6.07, 6.45) is 3.31. The molecule has 0 fully saturated rings. The highest BCUT2D eigenvalue weighted by Crippen LogP contribution is 2.33. The molecule has 0 aliphatic carbocycles. The van der Waals surface area contributed by atoms with Crippen LogP contribution in [0.25, 0.3) is 5.57 Å². The lowest BCUT2D eigenvalue weighted by Gasteiger charge is -2.16. The number of carbonyl (C=O) groups excluding carboxylic acids is 2. The molecule has 6 heteroatoms. The third-order valence-electron chi connectivity index (χ3n) is 4.74. The van der Waals surface area contributed by atoms with Gasteiger partial charge in [-0.15, -0.1) is 0 Å². The summed E-state index contributed by atoms with van der Waals surface area (Å²) in [6, 6.07) is 20.2. The van der Waals surface area contributed by atoms with Crippen LogP contribution in [0.15, 0.2) is 84.8 Å². The molecule has 4 rings (SSSR count). The van der Waals surface area contributed by atoms with Crippen molar-refractivity contribution in [3.05, 3.63) is 95.9 Å². The van der Waals surface area contributed by atoms with Gasteiger partial charge in [-0.1, -0.05) is 48.5 Å². The summed E-state index contributed by atoms with van der Waals surface area (Å²) in [5, 5.41) is 3.17. The Balaban J connectivity index is 1.74. The molecule has 0 atom stereocenters. The van der Waals surface area contributed by atoms with Crippen LogP contribution in [0, 0.1) is 0 Å². The summed E-state index contributed by atoms with van der Waals surface area (Å²) in [5.74, 6) is -0.105. The number of nitrogens with zero attached hydrogens (tertiary/aromatic N) is 2. The fourth-order valence-electron chi connectivity index (χ4n) is 3.37. The number of anilines is 1. The molecule has 150 valence electrons. The van der Waals surface area contributed by atoms with E-state index in [1.54, 1.807) is 18.5 Å². The lowest BCUT2D eigenvalue weighted by Crippen LogP contribution is -2.32. The van der Waals surface area contributed by atoms with Gasteiger partial charge in [-0.2, -0.15) is 0 Å². The van der Waals surface area contributed by atoms with Crippen LogP contribution in [0.5, 0.6) is 5.75 Å². The first-order chi connectivity index (χ1) is 14.7. The topological polar surface area (TPSA) is 71.5 Å². The van der Waals surface area contributed by atoms with Crippen LogP contribution < -0.4 is 10.1 Å². The largest absolute Gasteiger partial charge is 0.492 e. The number of nitrogens with one attached hydrogen (secondary N) is 1. The second-order valence-electron chi connectivity index (χ2n) is 6.73. The first-order valence-electron chi connectivity index (χ1n) is 9.72. The number of rotatable bonds is 7. The van der Waals surface area contributed by atoms with Crippen LogP contribution in [0.2, 0.25) is 0 Å². The first-order valence-corrected chi connectivity index (χ1v) is 9.72. The number of hydrogen-bond donors (Lipinski definition) is 1. The Labute approximate surface area is 174 Å². The number of aromatic nitrogens is 1. The zero-order valence-corrected chi connectivity index (χ0v) is 16.5. The van der Waals surface area contributed by atoms with Crippen molar-refractivity contribution in [1.82, 2.24) is 9.88 Å². The van der Waals surface area contributed by atoms with E-state index in [9.17, 15) is 9.59 Å². The van der Waals surface area contributed by atoms with E-state index in [-0.39, 0.29) is 24.1 Å². The zero-order chi connectivity index (χ0) is 20.9. The van der Waals surface area contributed by atoms with Crippen LogP contribution >= 0.6 is 0 Å². The molecule has 1 aliphatic rings. The van der Waals surface area contributed by atoms with Crippen LogP contribution in [-0.4, -0.2) is 28.3 Å². The predicted molar refractivity (Wildman–Crippen MR) is 114 cm³/mol. The van der Waals surface area contributed by atoms with Crippen molar-refractivity contribution in [1.29, 1.82) is 0 Å². The summed E-state index contributed by atoms with van der Waals surface area (Å²) >= 11 is 0. The highest BCUT2D eigenvalue weighted by molar-refractivity contribution is 6.36. The second-order valence-corrected chi connectivity index (χ2v) is 6.73. The smallest absolute Gasteiger partial charge is 0.278 e. The minimum absolute atomic E-state index is 0.153. The fraction of sp³-hybridized carbons (Fsp3) is 0.125. The highest BCUT2D eigenvalue weighted by Gasteiger charge is 2.39. The average molecular weight is 399 g/mol. The lowest BCUT2D eigenvalue weighted by atomic mass is 10.0. The molecule has 2 aromatic carbocycles. The SMILES string of the molecule is CCOc1ccccc1NC1=C(c2ccccc2)C(=O)N(Cc2cccnc2)C1=O. The van der Waals surface area contributed by atoms with Gasteiger partial charge in [0.05, 0.1) is 24.4 Å². The average Bonchev–Trinajstić information content (AvgIpc) is 3.01. The molecule has 2 amide bonds. The number of para-hydroxylation sites is 2. The molecule has 0 spiro atoms. The maximum Gasteiger partial charge on any atom is 0.278 e. The maximum absolute atomic E-state index is 13.3. The van der Waals surface area contributed by atoms with Gasteiger partial charge in [0, 0.05) is 12.4 Å². The van der Waals surface area contributed by atoms with Crippen LogP contribution in [0.4, 0.5) is 5.69 Å². The van der Waals surface area contributed by atoms with E-state index in [1.807, 2.05) is 67.6 Å². The molecule has 1 N–H and O–H groups in total. The Morgan fingerprint density at radius 2 is 1.70 bits per heavy atom. The quantitative estimate of drug-likeness (QED) is 0.611. The summed E-state index contributed by atoms with van der Waals surface area (Å²) in [5.41, 5.74) is 2.67. The van der Waals surface area contributed by atoms with Gasteiger partial charge in [-0.05, 0) is 36.2 Å². The van der Waals surface area contributed by atoms with Gasteiger partial charge in [0.15, 0.2) is 0 Å². The molecule has 0 unspecified atom stereocenters. The minimum Gasteiger partial charge on any atom is -0.492 e. The predicted octanol–water partition coefficient (Wildman–Crippen LogP) is 3.87. The van der Waals surface area contributed by atoms with Crippen LogP contribution in [-0.2, 0) is 16.1 Å². The van der Waals surface area contributed by atoms with Gasteiger partial charge in [0.2, 0.25) is 0 Å². The van der Waals surface area contributed by atoms with Gasteiger partial charge in [-0.3, -0.25) is 19.5 Å². The molecular formula is C24H21N3O3. The van der Waals surface area contributed by atoms with Crippen molar-refractivity contribution in [2.24, 2.45) is 0 Å². The van der Waals surface area contributed by atoms with Gasteiger partial charge >= 0.3 is 0 Å². The number of ether oxygens (including phenoxy) is 1.